The van der Waals surface area contributed by atoms with Gasteiger partial charge in [-0.25, -0.2) is 0 Å². The molecule has 1 aromatic rings. The lowest BCUT2D eigenvalue weighted by Crippen LogP contribution is -2.31. The van der Waals surface area contributed by atoms with Crippen molar-refractivity contribution in [3.8, 4) is 0 Å². The molecule has 76 valence electrons. The Morgan fingerprint density at radius 3 is 2.57 bits per heavy atom. The van der Waals surface area contributed by atoms with E-state index in [1.807, 2.05) is 0 Å². The molecule has 0 aliphatic carbocycles. The van der Waals surface area contributed by atoms with Gasteiger partial charge >= 0.3 is 0 Å². The van der Waals surface area contributed by atoms with Crippen molar-refractivity contribution in [3.05, 3.63) is 34.9 Å². The fourth-order valence-electron chi connectivity index (χ4n) is 1.09. The molecule has 3 nitrogen and oxygen atoms in total. The van der Waals surface area contributed by atoms with E-state index in [1.54, 1.807) is 31.3 Å². The fraction of sp³-hybridized carbons (Fsp3) is 0.300. The number of carbonyl (C=O) groups excluding carboxylic acids is 1. The van der Waals surface area contributed by atoms with Crippen molar-refractivity contribution in [2.75, 3.05) is 13.6 Å². The predicted molar refractivity (Wildman–Crippen MR) is 55.7 cm³/mol. The molecular formula is C10H12ClNO2. The van der Waals surface area contributed by atoms with Crippen molar-refractivity contribution >= 4 is 17.4 Å². The number of aliphatic hydroxyl groups is 1. The van der Waals surface area contributed by atoms with Crippen LogP contribution in [0.15, 0.2) is 24.3 Å². The number of benzene rings is 1. The normalized spacial score (nSPS) is 12.5. The van der Waals surface area contributed by atoms with Crippen LogP contribution in [0.1, 0.15) is 10.4 Å². The minimum Gasteiger partial charge on any atom is -0.384 e. The van der Waals surface area contributed by atoms with Crippen LogP contribution in [0, 0.1) is 0 Å². The van der Waals surface area contributed by atoms with Gasteiger partial charge in [0, 0.05) is 17.1 Å². The molecule has 0 amide bonds. The van der Waals surface area contributed by atoms with E-state index < -0.39 is 6.10 Å². The highest BCUT2D eigenvalue weighted by atomic mass is 35.5. The molecule has 0 saturated carbocycles. The number of aliphatic hydroxyl groups excluding tert-OH is 1. The van der Waals surface area contributed by atoms with E-state index in [4.69, 9.17) is 11.6 Å². The second-order valence-corrected chi connectivity index (χ2v) is 3.38. The molecule has 0 bridgehead atoms. The van der Waals surface area contributed by atoms with Crippen LogP contribution in [-0.4, -0.2) is 30.6 Å². The molecule has 4 heteroatoms. The highest BCUT2D eigenvalue weighted by Gasteiger charge is 2.15. The van der Waals surface area contributed by atoms with Gasteiger partial charge in [0.1, 0.15) is 6.10 Å². The monoisotopic (exact) mass is 213 g/mol. The van der Waals surface area contributed by atoms with Gasteiger partial charge in [0.05, 0.1) is 0 Å². The Morgan fingerprint density at radius 2 is 2.07 bits per heavy atom. The zero-order valence-electron chi connectivity index (χ0n) is 7.83. The third kappa shape index (κ3) is 2.80. The first-order valence-corrected chi connectivity index (χ1v) is 4.65. The molecule has 0 fully saturated rings. The van der Waals surface area contributed by atoms with Crippen LogP contribution in [0.5, 0.6) is 0 Å². The van der Waals surface area contributed by atoms with E-state index in [0.717, 1.165) is 0 Å². The van der Waals surface area contributed by atoms with Gasteiger partial charge in [0.25, 0.3) is 0 Å². The predicted octanol–water partition coefficient (Wildman–Crippen LogP) is 1.10. The van der Waals surface area contributed by atoms with E-state index in [2.05, 4.69) is 5.32 Å². The lowest BCUT2D eigenvalue weighted by Gasteiger charge is -2.08. The van der Waals surface area contributed by atoms with Gasteiger partial charge in [-0.3, -0.25) is 4.79 Å². The van der Waals surface area contributed by atoms with Crippen molar-refractivity contribution in [1.82, 2.24) is 5.32 Å². The second-order valence-electron chi connectivity index (χ2n) is 2.94. The summed E-state index contributed by atoms with van der Waals surface area (Å²) in [4.78, 5) is 11.5. The van der Waals surface area contributed by atoms with Crippen LogP contribution in [-0.2, 0) is 0 Å². The molecule has 0 radical (unpaired) electrons. The van der Waals surface area contributed by atoms with Gasteiger partial charge in [-0.05, 0) is 31.3 Å². The van der Waals surface area contributed by atoms with Gasteiger partial charge < -0.3 is 10.4 Å². The number of carbonyl (C=O) groups is 1. The Morgan fingerprint density at radius 1 is 1.50 bits per heavy atom. The lowest BCUT2D eigenvalue weighted by atomic mass is 10.1. The maximum atomic E-state index is 11.5. The van der Waals surface area contributed by atoms with Crippen molar-refractivity contribution in [2.24, 2.45) is 0 Å². The van der Waals surface area contributed by atoms with Crippen LogP contribution in [0.4, 0.5) is 0 Å². The largest absolute Gasteiger partial charge is 0.384 e. The molecule has 0 heterocycles. The number of nitrogens with one attached hydrogen (secondary N) is 1. The molecule has 1 rings (SSSR count). The summed E-state index contributed by atoms with van der Waals surface area (Å²) < 4.78 is 0. The fourth-order valence-corrected chi connectivity index (χ4v) is 1.22. The summed E-state index contributed by atoms with van der Waals surface area (Å²) in [6.07, 6.45) is -0.999. The number of likely N-dealkylation sites (N-methyl/N-ethyl adjacent to an activating group) is 1. The molecule has 1 atom stereocenters. The summed E-state index contributed by atoms with van der Waals surface area (Å²) in [5.74, 6) is -0.295. The van der Waals surface area contributed by atoms with E-state index in [9.17, 15) is 9.90 Å². The number of Topliss-reactive ketones (excluding diaryl/α,β-unsaturated/α-hetero) is 1. The summed E-state index contributed by atoms with van der Waals surface area (Å²) in [6, 6.07) is 6.45. The van der Waals surface area contributed by atoms with Gasteiger partial charge in [0.2, 0.25) is 0 Å². The molecule has 14 heavy (non-hydrogen) atoms. The first kappa shape index (κ1) is 11.2. The maximum Gasteiger partial charge on any atom is 0.192 e. The molecule has 0 spiro atoms. The van der Waals surface area contributed by atoms with Gasteiger partial charge in [-0.2, -0.15) is 0 Å². The van der Waals surface area contributed by atoms with Crippen molar-refractivity contribution in [2.45, 2.75) is 6.10 Å². The third-order valence-electron chi connectivity index (χ3n) is 1.83. The first-order valence-electron chi connectivity index (χ1n) is 4.27. The van der Waals surface area contributed by atoms with E-state index in [-0.39, 0.29) is 12.3 Å². The van der Waals surface area contributed by atoms with Crippen molar-refractivity contribution in [1.29, 1.82) is 0 Å². The highest BCUT2D eigenvalue weighted by Crippen LogP contribution is 2.11. The Labute approximate surface area is 87.7 Å². The summed E-state index contributed by atoms with van der Waals surface area (Å²) in [6.45, 7) is 0.251. The topological polar surface area (TPSA) is 49.3 Å². The number of ketones is 1. The summed E-state index contributed by atoms with van der Waals surface area (Å²) in [5, 5.41) is 12.7. The minimum atomic E-state index is -0.999. The average molecular weight is 214 g/mol. The molecule has 1 unspecified atom stereocenters. The van der Waals surface area contributed by atoms with Crippen molar-refractivity contribution in [3.63, 3.8) is 0 Å². The first-order chi connectivity index (χ1) is 6.65. The van der Waals surface area contributed by atoms with E-state index >= 15 is 0 Å². The summed E-state index contributed by atoms with van der Waals surface area (Å²) in [7, 11) is 1.68. The highest BCUT2D eigenvalue weighted by molar-refractivity contribution is 6.30. The average Bonchev–Trinajstić information content (AvgIpc) is 2.18. The van der Waals surface area contributed by atoms with Crippen LogP contribution in [0.25, 0.3) is 0 Å². The molecule has 0 aliphatic heterocycles. The molecule has 1 aromatic carbocycles. The van der Waals surface area contributed by atoms with E-state index in [0.29, 0.717) is 10.6 Å². The SMILES string of the molecule is CNCC(O)C(=O)c1ccc(Cl)cc1. The maximum absolute atomic E-state index is 11.5. The van der Waals surface area contributed by atoms with Gasteiger partial charge in [0.15, 0.2) is 5.78 Å². The number of hydrogen-bond acceptors (Lipinski definition) is 3. The van der Waals surface area contributed by atoms with Gasteiger partial charge in [-0.15, -0.1) is 0 Å². The molecule has 0 aromatic heterocycles. The summed E-state index contributed by atoms with van der Waals surface area (Å²) >= 11 is 5.67. The van der Waals surface area contributed by atoms with Crippen LogP contribution >= 0.6 is 11.6 Å². The molecule has 0 aliphatic rings. The standard InChI is InChI=1S/C10H12ClNO2/c1-12-6-9(13)10(14)7-2-4-8(11)5-3-7/h2-5,9,12-13H,6H2,1H3. The Hall–Kier alpha value is -0.900. The number of rotatable bonds is 4. The Balaban J connectivity index is 2.74. The molecule has 0 saturated heterocycles. The zero-order chi connectivity index (χ0) is 10.6. The summed E-state index contributed by atoms with van der Waals surface area (Å²) in [5.41, 5.74) is 0.470. The van der Waals surface area contributed by atoms with Gasteiger partial charge in [-0.1, -0.05) is 11.6 Å². The quantitative estimate of drug-likeness (QED) is 0.737. The smallest absolute Gasteiger partial charge is 0.192 e. The number of hydrogen-bond donors (Lipinski definition) is 2. The lowest BCUT2D eigenvalue weighted by molar-refractivity contribution is 0.0750. The van der Waals surface area contributed by atoms with Crippen molar-refractivity contribution < 1.29 is 9.90 Å². The second kappa shape index (κ2) is 5.10. The van der Waals surface area contributed by atoms with Crippen LogP contribution in [0.2, 0.25) is 5.02 Å². The zero-order valence-corrected chi connectivity index (χ0v) is 8.58. The molecule has 2 N–H and O–H groups in total. The van der Waals surface area contributed by atoms with E-state index in [1.165, 1.54) is 0 Å². The Kier molecular flexibility index (Phi) is 4.07. The minimum absolute atomic E-state index is 0.251. The third-order valence-corrected chi connectivity index (χ3v) is 2.08. The van der Waals surface area contributed by atoms with Crippen LogP contribution < -0.4 is 5.32 Å². The molecular weight excluding hydrogens is 202 g/mol. The number of halogens is 1. The van der Waals surface area contributed by atoms with Crippen LogP contribution in [0.3, 0.4) is 0 Å². The Bertz CT molecular complexity index is 310.